The molecule has 7 nitrogen and oxygen atoms in total. The number of aliphatic carboxylic acids is 1. The summed E-state index contributed by atoms with van der Waals surface area (Å²) in [5, 5.41) is 17.6. The summed E-state index contributed by atoms with van der Waals surface area (Å²) < 4.78 is 31.4. The van der Waals surface area contributed by atoms with Gasteiger partial charge < -0.3 is 14.9 Å². The molecule has 0 radical (unpaired) electrons. The fraction of sp³-hybridized carbons (Fsp3) is 0.300. The maximum atomic E-state index is 12.1. The van der Waals surface area contributed by atoms with E-state index in [1.54, 1.807) is 6.07 Å². The van der Waals surface area contributed by atoms with Crippen molar-refractivity contribution in [3.63, 3.8) is 0 Å². The van der Waals surface area contributed by atoms with Crippen LogP contribution < -0.4 is 9.46 Å². The highest BCUT2D eigenvalue weighted by molar-refractivity contribution is 9.10. The van der Waals surface area contributed by atoms with Crippen molar-refractivity contribution in [3.8, 4) is 5.75 Å². The number of hydrogen-bond acceptors (Lipinski definition) is 5. The zero-order chi connectivity index (χ0) is 14.6. The van der Waals surface area contributed by atoms with Gasteiger partial charge in [-0.05, 0) is 18.2 Å². The molecule has 1 atom stereocenters. The van der Waals surface area contributed by atoms with Crippen LogP contribution in [0.3, 0.4) is 0 Å². The van der Waals surface area contributed by atoms with Gasteiger partial charge in [-0.1, -0.05) is 15.9 Å². The van der Waals surface area contributed by atoms with E-state index >= 15 is 0 Å². The number of ether oxygens (including phenoxy) is 1. The zero-order valence-corrected chi connectivity index (χ0v) is 12.2. The first-order valence-electron chi connectivity index (χ1n) is 5.01. The smallest absolute Gasteiger partial charge is 0.324 e. The SMILES string of the molecule is COc1ccc(Br)cc1S(=O)(=O)N[C@H](CO)C(=O)O. The van der Waals surface area contributed by atoms with Crippen molar-refractivity contribution in [2.24, 2.45) is 0 Å². The topological polar surface area (TPSA) is 113 Å². The molecule has 0 aliphatic heterocycles. The second-order valence-electron chi connectivity index (χ2n) is 3.49. The minimum atomic E-state index is -4.13. The van der Waals surface area contributed by atoms with Crippen molar-refractivity contribution in [2.45, 2.75) is 10.9 Å². The largest absolute Gasteiger partial charge is 0.495 e. The van der Waals surface area contributed by atoms with Gasteiger partial charge in [0, 0.05) is 4.47 Å². The highest BCUT2D eigenvalue weighted by Crippen LogP contribution is 2.27. The maximum Gasteiger partial charge on any atom is 0.324 e. The fourth-order valence-electron chi connectivity index (χ4n) is 1.28. The van der Waals surface area contributed by atoms with Crippen LogP contribution in [0.25, 0.3) is 0 Å². The van der Waals surface area contributed by atoms with Gasteiger partial charge in [0.25, 0.3) is 0 Å². The second kappa shape index (κ2) is 6.33. The Bertz CT molecular complexity index is 573. The predicted molar refractivity (Wildman–Crippen MR) is 69.5 cm³/mol. The lowest BCUT2D eigenvalue weighted by Crippen LogP contribution is -2.43. The maximum absolute atomic E-state index is 12.1. The van der Waals surface area contributed by atoms with Gasteiger partial charge in [0.05, 0.1) is 13.7 Å². The van der Waals surface area contributed by atoms with Crippen molar-refractivity contribution in [2.75, 3.05) is 13.7 Å². The van der Waals surface area contributed by atoms with Gasteiger partial charge in [0.2, 0.25) is 10.0 Å². The molecule has 0 aliphatic carbocycles. The Hall–Kier alpha value is -1.16. The van der Waals surface area contributed by atoms with Crippen LogP contribution in [0.4, 0.5) is 0 Å². The van der Waals surface area contributed by atoms with E-state index < -0.39 is 28.6 Å². The van der Waals surface area contributed by atoms with Crippen molar-refractivity contribution < 1.29 is 28.2 Å². The number of hydrogen-bond donors (Lipinski definition) is 3. The lowest BCUT2D eigenvalue weighted by Gasteiger charge is -2.14. The minimum absolute atomic E-state index is 0.0674. The molecule has 106 valence electrons. The number of carbonyl (C=O) groups is 1. The number of halogens is 1. The summed E-state index contributed by atoms with van der Waals surface area (Å²) in [5.41, 5.74) is 0. The van der Waals surface area contributed by atoms with E-state index in [1.165, 1.54) is 19.2 Å². The summed E-state index contributed by atoms with van der Waals surface area (Å²) in [6, 6.07) is 2.66. The molecule has 0 spiro atoms. The van der Waals surface area contributed by atoms with Crippen molar-refractivity contribution in [1.82, 2.24) is 4.72 Å². The Labute approximate surface area is 118 Å². The van der Waals surface area contributed by atoms with Gasteiger partial charge in [-0.25, -0.2) is 8.42 Å². The molecule has 1 rings (SSSR count). The van der Waals surface area contributed by atoms with E-state index in [1.807, 2.05) is 4.72 Å². The Morgan fingerprint density at radius 1 is 1.53 bits per heavy atom. The number of sulfonamides is 1. The third-order valence-electron chi connectivity index (χ3n) is 2.19. The predicted octanol–water partition coefficient (Wildman–Crippen LogP) is 0.182. The van der Waals surface area contributed by atoms with Crippen LogP contribution in [0.1, 0.15) is 0 Å². The summed E-state index contributed by atoms with van der Waals surface area (Å²) in [7, 11) is -2.83. The van der Waals surface area contributed by atoms with Crippen LogP contribution in [-0.2, 0) is 14.8 Å². The van der Waals surface area contributed by atoms with Gasteiger partial charge >= 0.3 is 5.97 Å². The van der Waals surface area contributed by atoms with E-state index in [2.05, 4.69) is 15.9 Å². The van der Waals surface area contributed by atoms with Gasteiger partial charge in [-0.3, -0.25) is 4.79 Å². The number of aliphatic hydroxyl groups is 1. The standard InChI is InChI=1S/C10H12BrNO6S/c1-18-8-3-2-6(11)4-9(8)19(16,17)12-7(5-13)10(14)15/h2-4,7,12-13H,5H2,1H3,(H,14,15)/t7-/m1/s1. The third kappa shape index (κ3) is 3.90. The number of carboxylic acids is 1. The number of aliphatic hydroxyl groups excluding tert-OH is 1. The number of rotatable bonds is 6. The molecular formula is C10H12BrNO6S. The molecule has 3 N–H and O–H groups in total. The third-order valence-corrected chi connectivity index (χ3v) is 4.18. The molecule has 9 heteroatoms. The van der Waals surface area contributed by atoms with Gasteiger partial charge in [-0.2, -0.15) is 4.72 Å². The number of nitrogens with one attached hydrogen (secondary N) is 1. The Morgan fingerprint density at radius 3 is 2.63 bits per heavy atom. The molecule has 0 aliphatic rings. The molecule has 0 bridgehead atoms. The molecule has 0 saturated carbocycles. The Kier molecular flexibility index (Phi) is 5.29. The zero-order valence-electron chi connectivity index (χ0n) is 9.83. The van der Waals surface area contributed by atoms with Crippen molar-refractivity contribution >= 4 is 31.9 Å². The molecule has 19 heavy (non-hydrogen) atoms. The van der Waals surface area contributed by atoms with Crippen LogP contribution in [0.15, 0.2) is 27.6 Å². The van der Waals surface area contributed by atoms with Crippen LogP contribution in [0, 0.1) is 0 Å². The van der Waals surface area contributed by atoms with Gasteiger partial charge in [0.15, 0.2) is 0 Å². The molecule has 0 heterocycles. The lowest BCUT2D eigenvalue weighted by atomic mass is 10.3. The first-order chi connectivity index (χ1) is 8.81. The van der Waals surface area contributed by atoms with Crippen molar-refractivity contribution in [1.29, 1.82) is 0 Å². The molecule has 1 aromatic carbocycles. The summed E-state index contributed by atoms with van der Waals surface area (Å²) in [6.45, 7) is -0.856. The number of benzene rings is 1. The van der Waals surface area contributed by atoms with Gasteiger partial charge in [0.1, 0.15) is 16.7 Å². The number of methoxy groups -OCH3 is 1. The van der Waals surface area contributed by atoms with Crippen LogP contribution in [0.2, 0.25) is 0 Å². The summed E-state index contributed by atoms with van der Waals surface area (Å²) >= 11 is 3.12. The first-order valence-corrected chi connectivity index (χ1v) is 7.29. The van der Waals surface area contributed by atoms with E-state index in [9.17, 15) is 13.2 Å². The summed E-state index contributed by atoms with van der Waals surface area (Å²) in [6.07, 6.45) is 0. The van der Waals surface area contributed by atoms with E-state index in [0.717, 1.165) is 0 Å². The monoisotopic (exact) mass is 353 g/mol. The highest BCUT2D eigenvalue weighted by Gasteiger charge is 2.27. The quantitative estimate of drug-likeness (QED) is 0.672. The number of carboxylic acid groups (broad SMARTS) is 1. The van der Waals surface area contributed by atoms with Crippen LogP contribution in [0.5, 0.6) is 5.75 Å². The van der Waals surface area contributed by atoms with Crippen LogP contribution in [-0.4, -0.2) is 44.4 Å². The van der Waals surface area contributed by atoms with E-state index in [-0.39, 0.29) is 10.6 Å². The van der Waals surface area contributed by atoms with E-state index in [4.69, 9.17) is 14.9 Å². The average Bonchev–Trinajstić information content (AvgIpc) is 2.35. The van der Waals surface area contributed by atoms with Gasteiger partial charge in [-0.15, -0.1) is 0 Å². The average molecular weight is 354 g/mol. The Balaban J connectivity index is 3.20. The molecule has 1 aromatic rings. The normalized spacial score (nSPS) is 13.0. The molecular weight excluding hydrogens is 342 g/mol. The fourth-order valence-corrected chi connectivity index (χ4v) is 3.16. The highest BCUT2D eigenvalue weighted by atomic mass is 79.9. The molecule has 0 unspecified atom stereocenters. The summed E-state index contributed by atoms with van der Waals surface area (Å²) in [5.74, 6) is -1.40. The first kappa shape index (κ1) is 15.9. The minimum Gasteiger partial charge on any atom is -0.495 e. The van der Waals surface area contributed by atoms with Crippen molar-refractivity contribution in [3.05, 3.63) is 22.7 Å². The molecule has 0 amide bonds. The Morgan fingerprint density at radius 2 is 2.16 bits per heavy atom. The van der Waals surface area contributed by atoms with Crippen LogP contribution >= 0.6 is 15.9 Å². The second-order valence-corrected chi connectivity index (χ2v) is 6.09. The van der Waals surface area contributed by atoms with E-state index in [0.29, 0.717) is 4.47 Å². The molecule has 0 fully saturated rings. The lowest BCUT2D eigenvalue weighted by molar-refractivity contribution is -0.139. The summed E-state index contributed by atoms with van der Waals surface area (Å²) in [4.78, 5) is 10.5. The molecule has 0 aromatic heterocycles. The molecule has 0 saturated heterocycles.